The van der Waals surface area contributed by atoms with Gasteiger partial charge < -0.3 is 9.13 Å². The van der Waals surface area contributed by atoms with Gasteiger partial charge in [-0.25, -0.2) is 0 Å². The summed E-state index contributed by atoms with van der Waals surface area (Å²) in [5.41, 5.74) is 6.56. The lowest BCUT2D eigenvalue weighted by molar-refractivity contribution is 1.17. The van der Waals surface area contributed by atoms with Crippen LogP contribution < -0.4 is 20.7 Å². The molecule has 0 N–H and O–H groups in total. The minimum atomic E-state index is -2.76. The number of benzene rings is 8. The van der Waals surface area contributed by atoms with Gasteiger partial charge in [0.2, 0.25) is 0 Å². The summed E-state index contributed by atoms with van der Waals surface area (Å²) in [6.07, 6.45) is 0. The van der Waals surface area contributed by atoms with Gasteiger partial charge in [0.15, 0.2) is 8.07 Å². The third-order valence-electron chi connectivity index (χ3n) is 10.6. The predicted octanol–water partition coefficient (Wildman–Crippen LogP) is 9.26. The van der Waals surface area contributed by atoms with Crippen LogP contribution in [0, 0.1) is 0 Å². The molecule has 0 saturated heterocycles. The van der Waals surface area contributed by atoms with Crippen LogP contribution in [-0.4, -0.2) is 17.2 Å². The molecule has 0 atom stereocenters. The Balaban J connectivity index is 1.20. The first kappa shape index (κ1) is 28.4. The Morgan fingerprint density at radius 1 is 0.314 bits per heavy atom. The zero-order valence-corrected chi connectivity index (χ0v) is 28.9. The summed E-state index contributed by atoms with van der Waals surface area (Å²) < 4.78 is 14.4. The molecule has 0 fully saturated rings. The van der Waals surface area contributed by atoms with Crippen molar-refractivity contribution in [3.05, 3.63) is 206 Å². The molecule has 0 bridgehead atoms. The molecule has 0 saturated carbocycles. The van der Waals surface area contributed by atoms with E-state index in [1.165, 1.54) is 53.3 Å². The SMILES string of the molecule is [2H]c1cc([Si](c2ccccc2)(c2ccccc2)c2ccccc2)ccc1-n1c2ccccc2c2cc(-n3c4ccccc4c4ccccc43)ccc21. The fraction of sp³-hybridized carbons (Fsp3) is 0. The van der Waals surface area contributed by atoms with Crippen molar-refractivity contribution in [1.29, 1.82) is 0 Å². The molecule has 10 rings (SSSR count). The Kier molecular flexibility index (Phi) is 6.61. The van der Waals surface area contributed by atoms with Crippen molar-refractivity contribution in [2.45, 2.75) is 0 Å². The Morgan fingerprint density at radius 3 is 1.18 bits per heavy atom. The molecule has 0 aliphatic rings. The zero-order chi connectivity index (χ0) is 34.6. The first-order chi connectivity index (χ1) is 25.7. The third kappa shape index (κ3) is 4.49. The van der Waals surface area contributed by atoms with Crippen LogP contribution >= 0.6 is 0 Å². The Bertz CT molecular complexity index is 2760. The molecule has 2 aromatic heterocycles. The molecule has 0 aliphatic carbocycles. The first-order valence-corrected chi connectivity index (χ1v) is 19.5. The van der Waals surface area contributed by atoms with E-state index in [0.29, 0.717) is 6.04 Å². The van der Waals surface area contributed by atoms with Crippen LogP contribution in [0.4, 0.5) is 0 Å². The van der Waals surface area contributed by atoms with E-state index in [-0.39, 0.29) is 0 Å². The zero-order valence-electron chi connectivity index (χ0n) is 28.9. The summed E-state index contributed by atoms with van der Waals surface area (Å²) >= 11 is 0. The van der Waals surface area contributed by atoms with Crippen LogP contribution in [0.5, 0.6) is 0 Å². The van der Waals surface area contributed by atoms with Crippen molar-refractivity contribution >= 4 is 72.4 Å². The highest BCUT2D eigenvalue weighted by Gasteiger charge is 2.41. The van der Waals surface area contributed by atoms with Crippen LogP contribution in [0.15, 0.2) is 206 Å². The van der Waals surface area contributed by atoms with Gasteiger partial charge in [-0.2, -0.15) is 0 Å². The molecule has 0 unspecified atom stereocenters. The molecule has 0 radical (unpaired) electrons. The molecule has 51 heavy (non-hydrogen) atoms. The van der Waals surface area contributed by atoms with Crippen molar-refractivity contribution in [3.63, 3.8) is 0 Å². The van der Waals surface area contributed by atoms with Crippen LogP contribution in [0.25, 0.3) is 55.0 Å². The fourth-order valence-electron chi connectivity index (χ4n) is 8.41. The molecule has 2 heterocycles. The van der Waals surface area contributed by atoms with Crippen LogP contribution in [0.1, 0.15) is 1.37 Å². The molecule has 240 valence electrons. The topological polar surface area (TPSA) is 9.86 Å². The maximum absolute atomic E-state index is 9.74. The lowest BCUT2D eigenvalue weighted by atomic mass is 10.1. The fourth-order valence-corrected chi connectivity index (χ4v) is 13.1. The minimum absolute atomic E-state index is 0.506. The summed E-state index contributed by atoms with van der Waals surface area (Å²) in [5.74, 6) is 0. The number of para-hydroxylation sites is 3. The standard InChI is InChI=1S/C48H34N2Si/c1-4-16-37(17-5-1)51(38-18-6-2-7-19-38,39-20-8-3-9-21-39)40-31-28-35(29-32-40)49-47-27-15-12-24-43(47)44-34-36(30-33-48(44)49)50-45-25-13-10-22-41(45)42-23-11-14-26-46(42)50/h1-34H/i28D. The molecule has 0 spiro atoms. The quantitative estimate of drug-likeness (QED) is 0.124. The highest BCUT2D eigenvalue weighted by Crippen LogP contribution is 2.36. The molecular formula is C48H34N2Si. The number of nitrogens with zero attached hydrogens (tertiary/aromatic N) is 2. The van der Waals surface area contributed by atoms with E-state index < -0.39 is 8.07 Å². The van der Waals surface area contributed by atoms with Crippen LogP contribution in [0.3, 0.4) is 0 Å². The monoisotopic (exact) mass is 667 g/mol. The van der Waals surface area contributed by atoms with Gasteiger partial charge in [-0.05, 0) is 69.3 Å². The maximum atomic E-state index is 9.74. The molecule has 8 aromatic carbocycles. The number of hydrogen-bond donors (Lipinski definition) is 0. The average molecular weight is 668 g/mol. The number of fused-ring (bicyclic) bond motifs is 6. The van der Waals surface area contributed by atoms with E-state index in [2.05, 4.69) is 209 Å². The summed E-state index contributed by atoms with van der Waals surface area (Å²) in [7, 11) is -2.76. The van der Waals surface area contributed by atoms with Crippen molar-refractivity contribution < 1.29 is 1.37 Å². The lowest BCUT2D eigenvalue weighted by Gasteiger charge is -2.34. The van der Waals surface area contributed by atoms with Crippen molar-refractivity contribution in [1.82, 2.24) is 9.13 Å². The van der Waals surface area contributed by atoms with E-state index >= 15 is 0 Å². The predicted molar refractivity (Wildman–Crippen MR) is 219 cm³/mol. The maximum Gasteiger partial charge on any atom is 0.179 e. The second-order valence-corrected chi connectivity index (χ2v) is 17.0. The molecule has 0 aliphatic heterocycles. The van der Waals surface area contributed by atoms with Crippen molar-refractivity contribution in [2.75, 3.05) is 0 Å². The van der Waals surface area contributed by atoms with Crippen molar-refractivity contribution in [2.24, 2.45) is 0 Å². The smallest absolute Gasteiger partial charge is 0.179 e. The highest BCUT2D eigenvalue weighted by molar-refractivity contribution is 7.19. The highest BCUT2D eigenvalue weighted by atomic mass is 28.3. The van der Waals surface area contributed by atoms with E-state index in [1.54, 1.807) is 0 Å². The lowest BCUT2D eigenvalue weighted by Crippen LogP contribution is -2.74. The second kappa shape index (κ2) is 11.9. The molecule has 0 amide bonds. The Labute approximate surface area is 299 Å². The summed E-state index contributed by atoms with van der Waals surface area (Å²) in [4.78, 5) is 0. The molecule has 10 aromatic rings. The van der Waals surface area contributed by atoms with E-state index in [9.17, 15) is 1.37 Å². The summed E-state index contributed by atoms with van der Waals surface area (Å²) in [6.45, 7) is 0. The number of rotatable bonds is 6. The van der Waals surface area contributed by atoms with Gasteiger partial charge >= 0.3 is 0 Å². The van der Waals surface area contributed by atoms with Gasteiger partial charge in [0.05, 0.1) is 23.4 Å². The van der Waals surface area contributed by atoms with Crippen LogP contribution in [-0.2, 0) is 0 Å². The summed E-state index contributed by atoms with van der Waals surface area (Å²) in [6, 6.07) is 72.6. The van der Waals surface area contributed by atoms with E-state index in [1.807, 2.05) is 0 Å². The van der Waals surface area contributed by atoms with Gasteiger partial charge in [0, 0.05) is 32.9 Å². The van der Waals surface area contributed by atoms with Crippen molar-refractivity contribution in [3.8, 4) is 11.4 Å². The second-order valence-electron chi connectivity index (χ2n) is 13.2. The van der Waals surface area contributed by atoms with E-state index in [0.717, 1.165) is 22.4 Å². The van der Waals surface area contributed by atoms with Gasteiger partial charge in [-0.1, -0.05) is 158 Å². The van der Waals surface area contributed by atoms with Gasteiger partial charge in [-0.3, -0.25) is 0 Å². The molecule has 3 heteroatoms. The largest absolute Gasteiger partial charge is 0.309 e. The minimum Gasteiger partial charge on any atom is -0.309 e. The van der Waals surface area contributed by atoms with E-state index in [4.69, 9.17) is 0 Å². The Hall–Kier alpha value is -6.42. The molecular weight excluding hydrogens is 633 g/mol. The Morgan fingerprint density at radius 2 is 0.686 bits per heavy atom. The first-order valence-electron chi connectivity index (χ1n) is 18.0. The van der Waals surface area contributed by atoms with Crippen LogP contribution in [0.2, 0.25) is 0 Å². The van der Waals surface area contributed by atoms with Gasteiger partial charge in [-0.15, -0.1) is 0 Å². The third-order valence-corrected chi connectivity index (χ3v) is 15.4. The number of aromatic nitrogens is 2. The summed E-state index contributed by atoms with van der Waals surface area (Å²) in [5, 5.41) is 9.93. The molecule has 2 nitrogen and oxygen atoms in total. The number of hydrogen-bond acceptors (Lipinski definition) is 0. The van der Waals surface area contributed by atoms with Gasteiger partial charge in [0.25, 0.3) is 0 Å². The van der Waals surface area contributed by atoms with Gasteiger partial charge in [0.1, 0.15) is 0 Å². The normalized spacial score (nSPS) is 12.2. The average Bonchev–Trinajstić information content (AvgIpc) is 3.72.